The van der Waals surface area contributed by atoms with Crippen molar-refractivity contribution in [3.63, 3.8) is 0 Å². The van der Waals surface area contributed by atoms with E-state index in [9.17, 15) is 14.7 Å². The molecule has 0 saturated carbocycles. The van der Waals surface area contributed by atoms with Crippen molar-refractivity contribution in [3.8, 4) is 0 Å². The maximum Gasteiger partial charge on any atom is 0.405 e. The summed E-state index contributed by atoms with van der Waals surface area (Å²) in [5.41, 5.74) is 0.990. The first kappa shape index (κ1) is 17.0. The van der Waals surface area contributed by atoms with Gasteiger partial charge in [0.2, 0.25) is 5.91 Å². The quantitative estimate of drug-likeness (QED) is 0.603. The first-order chi connectivity index (χ1) is 9.93. The molecule has 0 aliphatic carbocycles. The topological polar surface area (TPSA) is 98.7 Å². The Balaban J connectivity index is 2.66. The zero-order valence-corrected chi connectivity index (χ0v) is 12.2. The van der Waals surface area contributed by atoms with Gasteiger partial charge in [-0.2, -0.15) is 0 Å². The third kappa shape index (κ3) is 5.83. The van der Waals surface area contributed by atoms with Crippen LogP contribution in [0, 0.1) is 5.92 Å². The molecule has 6 heteroatoms. The lowest BCUT2D eigenvalue weighted by molar-refractivity contribution is -0.125. The number of rotatable bonds is 7. The van der Waals surface area contributed by atoms with E-state index < -0.39 is 24.1 Å². The predicted molar refractivity (Wildman–Crippen MR) is 78.9 cm³/mol. The van der Waals surface area contributed by atoms with Gasteiger partial charge in [-0.05, 0) is 17.9 Å². The molecule has 0 aliphatic rings. The van der Waals surface area contributed by atoms with Crippen LogP contribution in [0.5, 0.6) is 0 Å². The summed E-state index contributed by atoms with van der Waals surface area (Å²) in [5, 5.41) is 23.0. The minimum atomic E-state index is -1.24. The molecule has 0 spiro atoms. The van der Waals surface area contributed by atoms with Crippen molar-refractivity contribution >= 4 is 12.0 Å². The van der Waals surface area contributed by atoms with Gasteiger partial charge >= 0.3 is 6.09 Å². The van der Waals surface area contributed by atoms with Crippen LogP contribution in [0.4, 0.5) is 4.79 Å². The molecular weight excluding hydrogens is 272 g/mol. The minimum absolute atomic E-state index is 0.183. The molecule has 0 heterocycles. The Bertz CT molecular complexity index is 462. The van der Waals surface area contributed by atoms with E-state index in [-0.39, 0.29) is 12.5 Å². The van der Waals surface area contributed by atoms with Crippen LogP contribution in [0.2, 0.25) is 0 Å². The van der Waals surface area contributed by atoms with Crippen molar-refractivity contribution in [2.24, 2.45) is 5.92 Å². The molecule has 6 nitrogen and oxygen atoms in total. The van der Waals surface area contributed by atoms with Crippen molar-refractivity contribution in [1.29, 1.82) is 0 Å². The maximum absolute atomic E-state index is 12.1. The van der Waals surface area contributed by atoms with Gasteiger partial charge in [-0.15, -0.1) is 0 Å². The molecule has 0 aliphatic heterocycles. The lowest BCUT2D eigenvalue weighted by Crippen LogP contribution is -2.53. The van der Waals surface area contributed by atoms with E-state index >= 15 is 0 Å². The monoisotopic (exact) mass is 294 g/mol. The van der Waals surface area contributed by atoms with E-state index in [1.807, 2.05) is 30.3 Å². The zero-order chi connectivity index (χ0) is 15.8. The van der Waals surface area contributed by atoms with Crippen LogP contribution in [-0.2, 0) is 11.2 Å². The second kappa shape index (κ2) is 8.26. The fourth-order valence-electron chi connectivity index (χ4n) is 2.02. The zero-order valence-electron chi connectivity index (χ0n) is 12.2. The summed E-state index contributed by atoms with van der Waals surface area (Å²) >= 11 is 0. The standard InChI is InChI=1S/C15H22N2O4/c1-10(2)13(17-15(20)21)14(19)16-12(9-18)8-11-6-4-3-5-7-11/h3-7,10,12-13,17-18H,8-9H2,1-2H3,(H,16,19)(H,20,21)/t12-,13+/m1/s1. The molecule has 2 amide bonds. The smallest absolute Gasteiger partial charge is 0.405 e. The number of carbonyl (C=O) groups excluding carboxylic acids is 1. The van der Waals surface area contributed by atoms with Gasteiger partial charge in [0, 0.05) is 0 Å². The molecule has 1 aromatic carbocycles. The summed E-state index contributed by atoms with van der Waals surface area (Å²) in [4.78, 5) is 22.9. The highest BCUT2D eigenvalue weighted by Crippen LogP contribution is 2.06. The summed E-state index contributed by atoms with van der Waals surface area (Å²) < 4.78 is 0. The highest BCUT2D eigenvalue weighted by Gasteiger charge is 2.25. The van der Waals surface area contributed by atoms with E-state index in [1.165, 1.54) is 0 Å². The number of nitrogens with one attached hydrogen (secondary N) is 2. The van der Waals surface area contributed by atoms with Crippen LogP contribution in [0.15, 0.2) is 30.3 Å². The number of aliphatic hydroxyl groups excluding tert-OH is 1. The van der Waals surface area contributed by atoms with Crippen LogP contribution >= 0.6 is 0 Å². The molecule has 0 aromatic heterocycles. The van der Waals surface area contributed by atoms with Gasteiger partial charge in [0.05, 0.1) is 12.6 Å². The number of carboxylic acid groups (broad SMARTS) is 1. The van der Waals surface area contributed by atoms with Gasteiger partial charge in [-0.3, -0.25) is 4.79 Å². The Morgan fingerprint density at radius 2 is 1.76 bits per heavy atom. The molecule has 1 rings (SSSR count). The molecule has 0 saturated heterocycles. The number of hydrogen-bond acceptors (Lipinski definition) is 3. The van der Waals surface area contributed by atoms with Crippen LogP contribution < -0.4 is 10.6 Å². The normalized spacial score (nSPS) is 13.5. The van der Waals surface area contributed by atoms with Crippen molar-refractivity contribution in [1.82, 2.24) is 10.6 Å². The molecule has 2 atom stereocenters. The van der Waals surface area contributed by atoms with Gasteiger partial charge in [0.25, 0.3) is 0 Å². The average Bonchev–Trinajstić information content (AvgIpc) is 2.44. The van der Waals surface area contributed by atoms with Crippen LogP contribution in [0.25, 0.3) is 0 Å². The third-order valence-corrected chi connectivity index (χ3v) is 3.12. The number of carbonyl (C=O) groups is 2. The Kier molecular flexibility index (Phi) is 6.68. The summed E-state index contributed by atoms with van der Waals surface area (Å²) in [5.74, 6) is -0.612. The van der Waals surface area contributed by atoms with Crippen molar-refractivity contribution in [2.45, 2.75) is 32.4 Å². The molecule has 0 bridgehead atoms. The number of aliphatic hydroxyl groups is 1. The van der Waals surface area contributed by atoms with E-state index in [4.69, 9.17) is 5.11 Å². The van der Waals surface area contributed by atoms with Crippen LogP contribution in [0.1, 0.15) is 19.4 Å². The molecule has 0 radical (unpaired) electrons. The fraction of sp³-hybridized carbons (Fsp3) is 0.467. The molecule has 1 aromatic rings. The Morgan fingerprint density at radius 1 is 1.14 bits per heavy atom. The summed E-state index contributed by atoms with van der Waals surface area (Å²) in [6.07, 6.45) is -0.756. The lowest BCUT2D eigenvalue weighted by atomic mass is 10.0. The van der Waals surface area contributed by atoms with Crippen molar-refractivity contribution in [2.75, 3.05) is 6.61 Å². The lowest BCUT2D eigenvalue weighted by Gasteiger charge is -2.23. The average molecular weight is 294 g/mol. The summed E-state index contributed by atoms with van der Waals surface area (Å²) in [6.45, 7) is 3.30. The van der Waals surface area contributed by atoms with Gasteiger partial charge in [-0.25, -0.2) is 4.79 Å². The SMILES string of the molecule is CC(C)[C@H](NC(=O)O)C(=O)N[C@@H](CO)Cc1ccccc1. The molecule has 0 unspecified atom stereocenters. The molecule has 0 fully saturated rings. The fourth-order valence-corrected chi connectivity index (χ4v) is 2.02. The van der Waals surface area contributed by atoms with E-state index in [0.29, 0.717) is 6.42 Å². The van der Waals surface area contributed by atoms with Gasteiger partial charge < -0.3 is 20.8 Å². The summed E-state index contributed by atoms with van der Waals surface area (Å²) in [6, 6.07) is 8.18. The largest absolute Gasteiger partial charge is 0.465 e. The van der Waals surface area contributed by atoms with E-state index in [2.05, 4.69) is 10.6 Å². The second-order valence-electron chi connectivity index (χ2n) is 5.25. The van der Waals surface area contributed by atoms with Gasteiger partial charge in [0.15, 0.2) is 0 Å². The van der Waals surface area contributed by atoms with E-state index in [0.717, 1.165) is 5.56 Å². The Morgan fingerprint density at radius 3 is 2.24 bits per heavy atom. The van der Waals surface area contributed by atoms with Gasteiger partial charge in [0.1, 0.15) is 6.04 Å². The predicted octanol–water partition coefficient (Wildman–Crippen LogP) is 0.998. The van der Waals surface area contributed by atoms with Crippen molar-refractivity contribution in [3.05, 3.63) is 35.9 Å². The maximum atomic E-state index is 12.1. The third-order valence-electron chi connectivity index (χ3n) is 3.12. The molecule has 21 heavy (non-hydrogen) atoms. The second-order valence-corrected chi connectivity index (χ2v) is 5.25. The van der Waals surface area contributed by atoms with Crippen LogP contribution in [-0.4, -0.2) is 40.9 Å². The van der Waals surface area contributed by atoms with E-state index in [1.54, 1.807) is 13.8 Å². The molecule has 4 N–H and O–H groups in total. The molecule has 116 valence electrons. The minimum Gasteiger partial charge on any atom is -0.465 e. The van der Waals surface area contributed by atoms with Crippen molar-refractivity contribution < 1.29 is 19.8 Å². The van der Waals surface area contributed by atoms with Crippen LogP contribution in [0.3, 0.4) is 0 Å². The van der Waals surface area contributed by atoms with Gasteiger partial charge in [-0.1, -0.05) is 44.2 Å². The Labute approximate surface area is 124 Å². The number of benzene rings is 1. The summed E-state index contributed by atoms with van der Waals surface area (Å²) in [7, 11) is 0. The highest BCUT2D eigenvalue weighted by molar-refractivity contribution is 5.85. The first-order valence-corrected chi connectivity index (χ1v) is 6.88. The highest BCUT2D eigenvalue weighted by atomic mass is 16.4. The Hall–Kier alpha value is -2.08. The number of amides is 2. The molecular formula is C15H22N2O4. The number of hydrogen-bond donors (Lipinski definition) is 4. The first-order valence-electron chi connectivity index (χ1n) is 6.88.